The van der Waals surface area contributed by atoms with Crippen molar-refractivity contribution in [2.45, 2.75) is 57.5 Å². The van der Waals surface area contributed by atoms with Crippen LogP contribution in [0.3, 0.4) is 0 Å². The number of methoxy groups -OCH3 is 1. The van der Waals surface area contributed by atoms with Crippen molar-refractivity contribution in [3.05, 3.63) is 64.8 Å². The quantitative estimate of drug-likeness (QED) is 0.409. The molecule has 0 radical (unpaired) electrons. The second-order valence-corrected chi connectivity index (χ2v) is 9.76. The summed E-state index contributed by atoms with van der Waals surface area (Å²) < 4.78 is 59.6. The number of aryl methyl sites for hydroxylation is 1. The Morgan fingerprint density at radius 3 is 2.52 bits per heavy atom. The maximum absolute atomic E-state index is 13.8. The van der Waals surface area contributed by atoms with Crippen molar-refractivity contribution in [3.63, 3.8) is 0 Å². The van der Waals surface area contributed by atoms with Crippen molar-refractivity contribution < 1.29 is 22.3 Å². The lowest BCUT2D eigenvalue weighted by Gasteiger charge is -2.54. The second-order valence-electron chi connectivity index (χ2n) is 9.76. The van der Waals surface area contributed by atoms with Crippen molar-refractivity contribution >= 4 is 10.9 Å². The van der Waals surface area contributed by atoms with E-state index in [-0.39, 0.29) is 29.9 Å². The van der Waals surface area contributed by atoms with Gasteiger partial charge in [-0.25, -0.2) is 17.6 Å². The van der Waals surface area contributed by atoms with Gasteiger partial charge in [0.05, 0.1) is 7.11 Å². The Bertz CT molecular complexity index is 1150. The molecule has 3 nitrogen and oxygen atoms in total. The molecule has 1 saturated carbocycles. The maximum atomic E-state index is 13.8. The third-order valence-electron chi connectivity index (χ3n) is 7.53. The largest absolute Gasteiger partial charge is 0.496 e. The standard InChI is InChI=1S/C26H28F4N2O/c1-16-11-22(33-2)20(19-7-9-31-23(16)19)13-32-10-8-25(14-26(29,30)15-25)12-21(32)17-3-5-18(6-4-17)24(27)28/h3-7,9,11,21,24,31H,8,10,12-15H2,1-2H3. The third-order valence-corrected chi connectivity index (χ3v) is 7.53. The number of nitrogens with one attached hydrogen (secondary N) is 1. The minimum Gasteiger partial charge on any atom is -0.496 e. The van der Waals surface area contributed by atoms with Gasteiger partial charge in [-0.1, -0.05) is 24.3 Å². The van der Waals surface area contributed by atoms with Gasteiger partial charge in [0.25, 0.3) is 6.43 Å². The predicted octanol–water partition coefficient (Wildman–Crippen LogP) is 7.18. The molecule has 1 spiro atoms. The summed E-state index contributed by atoms with van der Waals surface area (Å²) in [5, 5.41) is 1.08. The number of hydrogen-bond acceptors (Lipinski definition) is 2. The number of ether oxygens (including phenoxy) is 1. The number of aromatic nitrogens is 1. The van der Waals surface area contributed by atoms with Gasteiger partial charge in [-0.2, -0.15) is 0 Å². The first kappa shape index (κ1) is 22.3. The molecule has 5 rings (SSSR count). The smallest absolute Gasteiger partial charge is 0.263 e. The number of aromatic amines is 1. The van der Waals surface area contributed by atoms with Gasteiger partial charge in [-0.05, 0) is 55.0 Å². The fourth-order valence-corrected chi connectivity index (χ4v) is 5.91. The van der Waals surface area contributed by atoms with Crippen LogP contribution in [-0.4, -0.2) is 29.5 Å². The predicted molar refractivity (Wildman–Crippen MR) is 120 cm³/mol. The van der Waals surface area contributed by atoms with E-state index < -0.39 is 12.3 Å². The molecule has 1 aliphatic carbocycles. The van der Waals surface area contributed by atoms with Crippen molar-refractivity contribution in [2.75, 3.05) is 13.7 Å². The molecule has 1 atom stereocenters. The summed E-state index contributed by atoms with van der Waals surface area (Å²) in [4.78, 5) is 5.58. The van der Waals surface area contributed by atoms with Crippen molar-refractivity contribution in [3.8, 4) is 5.75 Å². The molecular formula is C26H28F4N2O. The Morgan fingerprint density at radius 2 is 1.88 bits per heavy atom. The molecule has 2 aromatic carbocycles. The van der Waals surface area contributed by atoms with E-state index in [1.807, 2.05) is 25.3 Å². The Labute approximate surface area is 190 Å². The van der Waals surface area contributed by atoms with Crippen LogP contribution in [0.5, 0.6) is 5.75 Å². The summed E-state index contributed by atoms with van der Waals surface area (Å²) >= 11 is 0. The zero-order chi connectivity index (χ0) is 23.4. The van der Waals surface area contributed by atoms with Crippen LogP contribution in [0, 0.1) is 12.3 Å². The highest BCUT2D eigenvalue weighted by molar-refractivity contribution is 5.88. The summed E-state index contributed by atoms with van der Waals surface area (Å²) in [6.45, 7) is 3.28. The van der Waals surface area contributed by atoms with Crippen LogP contribution >= 0.6 is 0 Å². The molecule has 1 aromatic heterocycles. The molecule has 7 heteroatoms. The van der Waals surface area contributed by atoms with Gasteiger partial charge in [0, 0.05) is 53.7 Å². The second kappa shape index (κ2) is 8.05. The lowest BCUT2D eigenvalue weighted by atomic mass is 9.59. The molecule has 1 aliphatic heterocycles. The first-order chi connectivity index (χ1) is 15.7. The normalized spacial score (nSPS) is 22.1. The number of nitrogens with zero attached hydrogens (tertiary/aromatic N) is 1. The fourth-order valence-electron chi connectivity index (χ4n) is 5.91. The number of likely N-dealkylation sites (tertiary alicyclic amines) is 1. The zero-order valence-corrected chi connectivity index (χ0v) is 18.8. The molecule has 2 heterocycles. The molecule has 1 unspecified atom stereocenters. The SMILES string of the molecule is COc1cc(C)c2[nH]ccc2c1CN1CCC2(CC1c1ccc(C(F)F)cc1)CC(F)(F)C2. The summed E-state index contributed by atoms with van der Waals surface area (Å²) in [7, 11) is 1.65. The van der Waals surface area contributed by atoms with Crippen molar-refractivity contribution in [2.24, 2.45) is 5.41 Å². The first-order valence-electron chi connectivity index (χ1n) is 11.3. The van der Waals surface area contributed by atoms with Gasteiger partial charge >= 0.3 is 0 Å². The Kier molecular flexibility index (Phi) is 5.43. The minimum absolute atomic E-state index is 0.0276. The van der Waals surface area contributed by atoms with Crippen LogP contribution in [0.2, 0.25) is 0 Å². The van der Waals surface area contributed by atoms with E-state index in [0.29, 0.717) is 25.9 Å². The highest BCUT2D eigenvalue weighted by Crippen LogP contribution is 2.60. The van der Waals surface area contributed by atoms with Crippen LogP contribution in [0.15, 0.2) is 42.6 Å². The molecule has 33 heavy (non-hydrogen) atoms. The van der Waals surface area contributed by atoms with E-state index >= 15 is 0 Å². The molecule has 1 N–H and O–H groups in total. The van der Waals surface area contributed by atoms with Crippen molar-refractivity contribution in [1.29, 1.82) is 0 Å². The maximum Gasteiger partial charge on any atom is 0.263 e. The number of piperidine rings is 1. The highest BCUT2D eigenvalue weighted by atomic mass is 19.3. The molecule has 3 aromatic rings. The number of alkyl halides is 4. The van der Waals surface area contributed by atoms with Crippen LogP contribution in [0.4, 0.5) is 17.6 Å². The summed E-state index contributed by atoms with van der Waals surface area (Å²) in [6, 6.07) is 10.3. The lowest BCUT2D eigenvalue weighted by Crippen LogP contribution is -2.53. The average Bonchev–Trinajstić information content (AvgIpc) is 3.26. The molecule has 0 amide bonds. The number of fused-ring (bicyclic) bond motifs is 1. The van der Waals surface area contributed by atoms with Crippen LogP contribution in [-0.2, 0) is 6.54 Å². The van der Waals surface area contributed by atoms with Gasteiger partial charge in [-0.15, -0.1) is 0 Å². The molecule has 2 aliphatic rings. The Hall–Kier alpha value is -2.54. The molecule has 176 valence electrons. The number of hydrogen-bond donors (Lipinski definition) is 1. The highest BCUT2D eigenvalue weighted by Gasteiger charge is 2.58. The summed E-state index contributed by atoms with van der Waals surface area (Å²) in [6.07, 6.45) is 0.504. The summed E-state index contributed by atoms with van der Waals surface area (Å²) in [5.41, 5.74) is 3.67. The average molecular weight is 461 g/mol. The monoisotopic (exact) mass is 460 g/mol. The van der Waals surface area contributed by atoms with Crippen LogP contribution < -0.4 is 4.74 Å². The topological polar surface area (TPSA) is 28.3 Å². The van der Waals surface area contributed by atoms with E-state index in [0.717, 1.165) is 33.3 Å². The Balaban J connectivity index is 1.50. The number of benzene rings is 2. The number of H-pyrrole nitrogens is 1. The van der Waals surface area contributed by atoms with Gasteiger partial charge in [0.2, 0.25) is 5.92 Å². The number of halogens is 4. The summed E-state index contributed by atoms with van der Waals surface area (Å²) in [5.74, 6) is -1.80. The van der Waals surface area contributed by atoms with Gasteiger partial charge in [-0.3, -0.25) is 4.90 Å². The molecule has 0 bridgehead atoms. The fraction of sp³-hybridized carbons (Fsp3) is 0.462. The van der Waals surface area contributed by atoms with E-state index in [1.54, 1.807) is 19.2 Å². The van der Waals surface area contributed by atoms with E-state index in [1.165, 1.54) is 12.1 Å². The number of rotatable bonds is 5. The van der Waals surface area contributed by atoms with E-state index in [2.05, 4.69) is 9.88 Å². The minimum atomic E-state index is -2.59. The molecule has 2 fully saturated rings. The van der Waals surface area contributed by atoms with Crippen LogP contribution in [0.1, 0.15) is 60.4 Å². The third kappa shape index (κ3) is 4.01. The Morgan fingerprint density at radius 1 is 1.15 bits per heavy atom. The molecule has 1 saturated heterocycles. The van der Waals surface area contributed by atoms with E-state index in [4.69, 9.17) is 4.74 Å². The van der Waals surface area contributed by atoms with Gasteiger partial charge in [0.1, 0.15) is 5.75 Å². The van der Waals surface area contributed by atoms with Crippen LogP contribution in [0.25, 0.3) is 10.9 Å². The lowest BCUT2D eigenvalue weighted by molar-refractivity contribution is -0.186. The van der Waals surface area contributed by atoms with Crippen molar-refractivity contribution in [1.82, 2.24) is 9.88 Å². The zero-order valence-electron chi connectivity index (χ0n) is 18.8. The van der Waals surface area contributed by atoms with E-state index in [9.17, 15) is 17.6 Å². The molecular weight excluding hydrogens is 432 g/mol. The first-order valence-corrected chi connectivity index (χ1v) is 11.3. The van der Waals surface area contributed by atoms with Gasteiger partial charge in [0.15, 0.2) is 0 Å². The van der Waals surface area contributed by atoms with Gasteiger partial charge < -0.3 is 9.72 Å².